The van der Waals surface area contributed by atoms with E-state index < -0.39 is 16.0 Å². The second-order valence-electron chi connectivity index (χ2n) is 4.29. The monoisotopic (exact) mass is 317 g/mol. The number of sulfonamides is 1. The van der Waals surface area contributed by atoms with Crippen LogP contribution >= 0.6 is 0 Å². The number of rotatable bonds is 8. The number of carbonyl (C=O) groups is 1. The molecule has 7 nitrogen and oxygen atoms in total. The van der Waals surface area contributed by atoms with Crippen LogP contribution in [0.2, 0.25) is 0 Å². The van der Waals surface area contributed by atoms with E-state index in [0.717, 1.165) is 6.07 Å². The van der Waals surface area contributed by atoms with Crippen molar-refractivity contribution in [2.45, 2.75) is 24.8 Å². The Morgan fingerprint density at radius 1 is 1.43 bits per heavy atom. The van der Waals surface area contributed by atoms with E-state index in [9.17, 15) is 13.2 Å². The van der Waals surface area contributed by atoms with E-state index in [1.165, 1.54) is 19.2 Å². The van der Waals surface area contributed by atoms with Gasteiger partial charge >= 0.3 is 5.97 Å². The highest BCUT2D eigenvalue weighted by molar-refractivity contribution is 7.89. The van der Waals surface area contributed by atoms with Gasteiger partial charge in [-0.2, -0.15) is 0 Å². The summed E-state index contributed by atoms with van der Waals surface area (Å²) in [5, 5.41) is 8.95. The zero-order chi connectivity index (χ0) is 16.0. The van der Waals surface area contributed by atoms with E-state index in [1.807, 2.05) is 6.92 Å². The second kappa shape index (κ2) is 7.39. The first-order valence-electron chi connectivity index (χ1n) is 6.34. The summed E-state index contributed by atoms with van der Waals surface area (Å²) in [4.78, 5) is 10.7. The predicted octanol–water partition coefficient (Wildman–Crippen LogP) is 1.10. The molecule has 2 N–H and O–H groups in total. The molecule has 1 aromatic rings. The molecular weight excluding hydrogens is 298 g/mol. The van der Waals surface area contributed by atoms with Crippen molar-refractivity contribution in [2.75, 3.05) is 20.3 Å². The van der Waals surface area contributed by atoms with Crippen LogP contribution in [0.15, 0.2) is 23.1 Å². The quantitative estimate of drug-likeness (QED) is 0.744. The number of methoxy groups -OCH3 is 1. The summed E-state index contributed by atoms with van der Waals surface area (Å²) in [5.74, 6) is -1.13. The Kier molecular flexibility index (Phi) is 6.13. The highest BCUT2D eigenvalue weighted by Crippen LogP contribution is 2.24. The maximum Gasteiger partial charge on any atom is 0.335 e. The van der Waals surface area contributed by atoms with Crippen LogP contribution in [-0.4, -0.2) is 45.9 Å². The van der Waals surface area contributed by atoms with Crippen LogP contribution in [0.1, 0.15) is 24.2 Å². The fourth-order valence-corrected chi connectivity index (χ4v) is 2.98. The summed E-state index contributed by atoms with van der Waals surface area (Å²) in [5.41, 5.74) is -0.131. The SMILES string of the molecule is CCOC(C)CNS(=O)(=O)c1cc(C(=O)O)ccc1OC. The van der Waals surface area contributed by atoms with Gasteiger partial charge in [0.05, 0.1) is 18.8 Å². The number of carboxylic acids is 1. The highest BCUT2D eigenvalue weighted by Gasteiger charge is 2.22. The lowest BCUT2D eigenvalue weighted by Crippen LogP contribution is -2.32. The normalized spacial score (nSPS) is 12.9. The van der Waals surface area contributed by atoms with Crippen molar-refractivity contribution < 1.29 is 27.8 Å². The summed E-state index contributed by atoms with van der Waals surface area (Å²) in [7, 11) is -2.57. The van der Waals surface area contributed by atoms with E-state index in [0.29, 0.717) is 6.61 Å². The average molecular weight is 317 g/mol. The predicted molar refractivity (Wildman–Crippen MR) is 76.2 cm³/mol. The van der Waals surface area contributed by atoms with Crippen LogP contribution in [-0.2, 0) is 14.8 Å². The zero-order valence-electron chi connectivity index (χ0n) is 12.1. The third-order valence-corrected chi connectivity index (χ3v) is 4.16. The Morgan fingerprint density at radius 3 is 2.62 bits per heavy atom. The maximum absolute atomic E-state index is 12.3. The van der Waals surface area contributed by atoms with Gasteiger partial charge in [0, 0.05) is 13.2 Å². The summed E-state index contributed by atoms with van der Waals surface area (Å²) < 4.78 is 37.1. The first-order chi connectivity index (χ1) is 9.81. The van der Waals surface area contributed by atoms with Gasteiger partial charge in [-0.15, -0.1) is 0 Å². The van der Waals surface area contributed by atoms with Crippen molar-refractivity contribution in [3.05, 3.63) is 23.8 Å². The number of hydrogen-bond acceptors (Lipinski definition) is 5. The van der Waals surface area contributed by atoms with E-state index in [2.05, 4.69) is 4.72 Å². The molecule has 1 aromatic carbocycles. The van der Waals surface area contributed by atoms with Gasteiger partial charge in [-0.05, 0) is 32.0 Å². The molecule has 118 valence electrons. The fourth-order valence-electron chi connectivity index (χ4n) is 1.67. The van der Waals surface area contributed by atoms with E-state index in [-0.39, 0.29) is 28.9 Å². The number of nitrogens with one attached hydrogen (secondary N) is 1. The van der Waals surface area contributed by atoms with Gasteiger partial charge in [0.25, 0.3) is 0 Å². The first kappa shape index (κ1) is 17.4. The molecule has 0 saturated heterocycles. The van der Waals surface area contributed by atoms with Crippen LogP contribution in [0, 0.1) is 0 Å². The van der Waals surface area contributed by atoms with Gasteiger partial charge in [0.1, 0.15) is 10.6 Å². The molecule has 0 aromatic heterocycles. The van der Waals surface area contributed by atoms with Gasteiger partial charge in [-0.3, -0.25) is 0 Å². The van der Waals surface area contributed by atoms with E-state index in [4.69, 9.17) is 14.6 Å². The van der Waals surface area contributed by atoms with Crippen molar-refractivity contribution in [3.63, 3.8) is 0 Å². The molecule has 0 aliphatic heterocycles. The van der Waals surface area contributed by atoms with E-state index >= 15 is 0 Å². The Hall–Kier alpha value is -1.64. The number of benzene rings is 1. The molecular formula is C13H19NO6S. The molecule has 8 heteroatoms. The summed E-state index contributed by atoms with van der Waals surface area (Å²) in [6, 6.07) is 3.65. The van der Waals surface area contributed by atoms with Crippen LogP contribution in [0.25, 0.3) is 0 Å². The molecule has 0 aliphatic carbocycles. The van der Waals surface area contributed by atoms with E-state index in [1.54, 1.807) is 6.92 Å². The van der Waals surface area contributed by atoms with Crippen molar-refractivity contribution in [2.24, 2.45) is 0 Å². The lowest BCUT2D eigenvalue weighted by Gasteiger charge is -2.15. The molecule has 1 rings (SSSR count). The number of hydrogen-bond donors (Lipinski definition) is 2. The minimum atomic E-state index is -3.89. The zero-order valence-corrected chi connectivity index (χ0v) is 12.9. The molecule has 0 radical (unpaired) electrons. The van der Waals surface area contributed by atoms with Gasteiger partial charge in [0.15, 0.2) is 0 Å². The van der Waals surface area contributed by atoms with Gasteiger partial charge in [-0.1, -0.05) is 0 Å². The highest BCUT2D eigenvalue weighted by atomic mass is 32.2. The van der Waals surface area contributed by atoms with Crippen molar-refractivity contribution in [1.29, 1.82) is 0 Å². The van der Waals surface area contributed by atoms with Crippen LogP contribution in [0.4, 0.5) is 0 Å². The van der Waals surface area contributed by atoms with Gasteiger partial charge in [0.2, 0.25) is 10.0 Å². The van der Waals surface area contributed by atoms with Crippen molar-refractivity contribution in [3.8, 4) is 5.75 Å². The number of carboxylic acid groups (broad SMARTS) is 1. The summed E-state index contributed by atoms with van der Waals surface area (Å²) in [6.07, 6.45) is -0.293. The third-order valence-electron chi connectivity index (χ3n) is 2.71. The Balaban J connectivity index is 3.05. The number of aromatic carboxylic acids is 1. The fraction of sp³-hybridized carbons (Fsp3) is 0.462. The molecule has 0 amide bonds. The topological polar surface area (TPSA) is 102 Å². The minimum absolute atomic E-state index is 0.0800. The molecule has 0 aliphatic rings. The minimum Gasteiger partial charge on any atom is -0.495 e. The lowest BCUT2D eigenvalue weighted by molar-refractivity contribution is 0.0696. The van der Waals surface area contributed by atoms with Crippen molar-refractivity contribution in [1.82, 2.24) is 4.72 Å². The van der Waals surface area contributed by atoms with Crippen LogP contribution in [0.3, 0.4) is 0 Å². The molecule has 0 saturated carbocycles. The molecule has 21 heavy (non-hydrogen) atoms. The standard InChI is InChI=1S/C13H19NO6S/c1-4-20-9(2)8-14-21(17,18)12-7-10(13(15)16)5-6-11(12)19-3/h5-7,9,14H,4,8H2,1-3H3,(H,15,16). The Morgan fingerprint density at radius 2 is 2.10 bits per heavy atom. The molecule has 1 atom stereocenters. The Labute approximate surface area is 123 Å². The van der Waals surface area contributed by atoms with Crippen molar-refractivity contribution >= 4 is 16.0 Å². The largest absolute Gasteiger partial charge is 0.495 e. The molecule has 0 bridgehead atoms. The average Bonchev–Trinajstić information content (AvgIpc) is 2.44. The third kappa shape index (κ3) is 4.69. The molecule has 0 fully saturated rings. The summed E-state index contributed by atoms with van der Waals surface area (Å²) in [6.45, 7) is 4.10. The lowest BCUT2D eigenvalue weighted by atomic mass is 10.2. The van der Waals surface area contributed by atoms with Gasteiger partial charge < -0.3 is 14.6 Å². The van der Waals surface area contributed by atoms with Crippen LogP contribution in [0.5, 0.6) is 5.75 Å². The van der Waals surface area contributed by atoms with Gasteiger partial charge in [-0.25, -0.2) is 17.9 Å². The Bertz CT molecular complexity index is 599. The second-order valence-corrected chi connectivity index (χ2v) is 6.02. The number of ether oxygens (including phenoxy) is 2. The maximum atomic E-state index is 12.3. The molecule has 1 unspecified atom stereocenters. The van der Waals surface area contributed by atoms with Crippen LogP contribution < -0.4 is 9.46 Å². The first-order valence-corrected chi connectivity index (χ1v) is 7.82. The smallest absolute Gasteiger partial charge is 0.335 e. The summed E-state index contributed by atoms with van der Waals surface area (Å²) >= 11 is 0. The molecule has 0 heterocycles. The molecule has 0 spiro atoms.